The highest BCUT2D eigenvalue weighted by molar-refractivity contribution is 6.34. The molecule has 100 valence electrons. The van der Waals surface area contributed by atoms with Crippen molar-refractivity contribution in [3.05, 3.63) is 41.2 Å². The van der Waals surface area contributed by atoms with Crippen LogP contribution in [0.3, 0.4) is 0 Å². The van der Waals surface area contributed by atoms with Crippen LogP contribution in [0, 0.1) is 0 Å². The van der Waals surface area contributed by atoms with Gasteiger partial charge in [-0.3, -0.25) is 4.79 Å². The van der Waals surface area contributed by atoms with Gasteiger partial charge in [-0.25, -0.2) is 4.98 Å². The number of carbonyl (C=O) groups excluding carboxylic acids is 1. The van der Waals surface area contributed by atoms with Crippen molar-refractivity contribution >= 4 is 28.3 Å². The zero-order valence-electron chi connectivity index (χ0n) is 10.4. The third-order valence-electron chi connectivity index (χ3n) is 2.86. The Balaban J connectivity index is 2.20. The predicted molar refractivity (Wildman–Crippen MR) is 75.4 cm³/mol. The molecule has 0 saturated heterocycles. The van der Waals surface area contributed by atoms with E-state index in [4.69, 9.17) is 16.7 Å². The minimum Gasteiger partial charge on any atom is -0.396 e. The van der Waals surface area contributed by atoms with E-state index in [9.17, 15) is 4.79 Å². The molecule has 0 aliphatic heterocycles. The minimum absolute atomic E-state index is 0.140. The van der Waals surface area contributed by atoms with Gasteiger partial charge in [0.05, 0.1) is 5.56 Å². The molecule has 2 N–H and O–H groups in total. The Hall–Kier alpha value is -1.65. The molecule has 1 aromatic carbocycles. The van der Waals surface area contributed by atoms with Crippen LogP contribution in [0.15, 0.2) is 30.5 Å². The van der Waals surface area contributed by atoms with Gasteiger partial charge in [-0.05, 0) is 18.2 Å². The van der Waals surface area contributed by atoms with Crippen LogP contribution in [0.5, 0.6) is 0 Å². The van der Waals surface area contributed by atoms with Crippen LogP contribution >= 0.6 is 11.6 Å². The first-order valence-corrected chi connectivity index (χ1v) is 6.54. The lowest BCUT2D eigenvalue weighted by Gasteiger charge is -2.08. The molecular formula is C14H15ClN2O2. The van der Waals surface area contributed by atoms with Crippen LogP contribution < -0.4 is 5.32 Å². The van der Waals surface area contributed by atoms with Crippen LogP contribution in [0.4, 0.5) is 0 Å². The van der Waals surface area contributed by atoms with Gasteiger partial charge in [-0.2, -0.15) is 0 Å². The molecule has 1 amide bonds. The van der Waals surface area contributed by atoms with Crippen LogP contribution in [0.2, 0.25) is 5.15 Å². The Morgan fingerprint density at radius 3 is 2.74 bits per heavy atom. The van der Waals surface area contributed by atoms with Crippen molar-refractivity contribution in [2.75, 3.05) is 13.2 Å². The van der Waals surface area contributed by atoms with Crippen LogP contribution in [-0.4, -0.2) is 29.1 Å². The third kappa shape index (κ3) is 3.22. The van der Waals surface area contributed by atoms with Gasteiger partial charge in [0.25, 0.3) is 5.91 Å². The highest BCUT2D eigenvalue weighted by Gasteiger charge is 2.11. The van der Waals surface area contributed by atoms with Gasteiger partial charge in [-0.1, -0.05) is 35.9 Å². The number of amides is 1. The van der Waals surface area contributed by atoms with Gasteiger partial charge in [0, 0.05) is 24.7 Å². The van der Waals surface area contributed by atoms with Gasteiger partial charge >= 0.3 is 0 Å². The molecule has 0 aliphatic carbocycles. The number of hydrogen-bond acceptors (Lipinski definition) is 3. The van der Waals surface area contributed by atoms with Gasteiger partial charge < -0.3 is 10.4 Å². The number of halogens is 1. The number of nitrogens with one attached hydrogen (secondary N) is 1. The van der Waals surface area contributed by atoms with Crippen molar-refractivity contribution in [3.8, 4) is 0 Å². The normalized spacial score (nSPS) is 10.6. The maximum Gasteiger partial charge on any atom is 0.253 e. The number of carbonyl (C=O) groups is 1. The molecule has 0 fully saturated rings. The molecule has 5 heteroatoms. The summed E-state index contributed by atoms with van der Waals surface area (Å²) in [5.41, 5.74) is 0.518. The highest BCUT2D eigenvalue weighted by Crippen LogP contribution is 2.23. The summed E-state index contributed by atoms with van der Waals surface area (Å²) in [6.45, 7) is 0.678. The average molecular weight is 279 g/mol. The molecule has 1 aromatic heterocycles. The fourth-order valence-electron chi connectivity index (χ4n) is 1.87. The lowest BCUT2D eigenvalue weighted by Crippen LogP contribution is -2.25. The SMILES string of the molecule is O=C(NCCCCO)c1cnc(Cl)c2ccccc12. The van der Waals surface area contributed by atoms with Crippen molar-refractivity contribution in [2.24, 2.45) is 0 Å². The van der Waals surface area contributed by atoms with Crippen molar-refractivity contribution < 1.29 is 9.90 Å². The van der Waals surface area contributed by atoms with Crippen LogP contribution in [-0.2, 0) is 0 Å². The maximum absolute atomic E-state index is 12.1. The van der Waals surface area contributed by atoms with Gasteiger partial charge in [0.2, 0.25) is 0 Å². The summed E-state index contributed by atoms with van der Waals surface area (Å²) >= 11 is 6.01. The second kappa shape index (κ2) is 6.50. The molecule has 1 heterocycles. The molecule has 2 aromatic rings. The van der Waals surface area contributed by atoms with Gasteiger partial charge in [0.1, 0.15) is 5.15 Å². The number of nitrogens with zero attached hydrogens (tertiary/aromatic N) is 1. The largest absolute Gasteiger partial charge is 0.396 e. The van der Waals surface area contributed by atoms with Crippen molar-refractivity contribution in [1.29, 1.82) is 0 Å². The maximum atomic E-state index is 12.1. The summed E-state index contributed by atoms with van der Waals surface area (Å²) < 4.78 is 0. The smallest absolute Gasteiger partial charge is 0.253 e. The first-order chi connectivity index (χ1) is 9.24. The molecule has 0 spiro atoms. The van der Waals surface area contributed by atoms with E-state index >= 15 is 0 Å². The average Bonchev–Trinajstić information content (AvgIpc) is 2.44. The predicted octanol–water partition coefficient (Wildman–Crippen LogP) is 2.39. The zero-order valence-corrected chi connectivity index (χ0v) is 11.2. The minimum atomic E-state index is -0.168. The fourth-order valence-corrected chi connectivity index (χ4v) is 2.09. The highest BCUT2D eigenvalue weighted by atomic mass is 35.5. The summed E-state index contributed by atoms with van der Waals surface area (Å²) in [7, 11) is 0. The Labute approximate surface area is 116 Å². The number of pyridine rings is 1. The molecule has 0 bridgehead atoms. The molecule has 19 heavy (non-hydrogen) atoms. The summed E-state index contributed by atoms with van der Waals surface area (Å²) in [5, 5.41) is 13.5. The van der Waals surface area contributed by atoms with Crippen LogP contribution in [0.25, 0.3) is 10.8 Å². The molecule has 0 aliphatic rings. The number of rotatable bonds is 5. The number of hydrogen-bond donors (Lipinski definition) is 2. The first-order valence-electron chi connectivity index (χ1n) is 6.16. The third-order valence-corrected chi connectivity index (χ3v) is 3.16. The van der Waals surface area contributed by atoms with Crippen molar-refractivity contribution in [1.82, 2.24) is 10.3 Å². The monoisotopic (exact) mass is 278 g/mol. The lowest BCUT2D eigenvalue weighted by atomic mass is 10.1. The molecule has 0 unspecified atom stereocenters. The van der Waals surface area contributed by atoms with Crippen LogP contribution in [0.1, 0.15) is 23.2 Å². The standard InChI is InChI=1S/C14H15ClN2O2/c15-13-11-6-2-1-5-10(11)12(9-17-13)14(19)16-7-3-4-8-18/h1-2,5-6,9,18H,3-4,7-8H2,(H,16,19). The second-order valence-corrected chi connectivity index (χ2v) is 4.55. The van der Waals surface area contributed by atoms with E-state index in [-0.39, 0.29) is 12.5 Å². The summed E-state index contributed by atoms with van der Waals surface area (Å²) in [6.07, 6.45) is 2.92. The van der Waals surface area contributed by atoms with E-state index in [2.05, 4.69) is 10.3 Å². The second-order valence-electron chi connectivity index (χ2n) is 4.19. The number of fused-ring (bicyclic) bond motifs is 1. The van der Waals surface area contributed by atoms with E-state index in [1.807, 2.05) is 24.3 Å². The van der Waals surface area contributed by atoms with Crippen molar-refractivity contribution in [3.63, 3.8) is 0 Å². The number of unbranched alkanes of at least 4 members (excludes halogenated alkanes) is 1. The summed E-state index contributed by atoms with van der Waals surface area (Å²) in [6, 6.07) is 7.42. The Morgan fingerprint density at radius 2 is 2.00 bits per heavy atom. The Kier molecular flexibility index (Phi) is 4.71. The summed E-state index contributed by atoms with van der Waals surface area (Å²) in [5.74, 6) is -0.168. The first kappa shape index (κ1) is 13.8. The number of benzene rings is 1. The molecule has 0 saturated carbocycles. The van der Waals surface area contributed by atoms with Gasteiger partial charge in [0.15, 0.2) is 0 Å². The van der Waals surface area contributed by atoms with E-state index in [0.29, 0.717) is 23.7 Å². The molecule has 0 radical (unpaired) electrons. The summed E-state index contributed by atoms with van der Waals surface area (Å²) in [4.78, 5) is 16.1. The molecule has 2 rings (SSSR count). The number of aliphatic hydroxyl groups is 1. The van der Waals surface area contributed by atoms with Crippen molar-refractivity contribution in [2.45, 2.75) is 12.8 Å². The van der Waals surface area contributed by atoms with E-state index in [0.717, 1.165) is 17.2 Å². The van der Waals surface area contributed by atoms with Gasteiger partial charge in [-0.15, -0.1) is 0 Å². The fraction of sp³-hybridized carbons (Fsp3) is 0.286. The molecule has 4 nitrogen and oxygen atoms in total. The Morgan fingerprint density at radius 1 is 1.26 bits per heavy atom. The van der Waals surface area contributed by atoms with E-state index < -0.39 is 0 Å². The topological polar surface area (TPSA) is 62.2 Å². The van der Waals surface area contributed by atoms with E-state index in [1.54, 1.807) is 0 Å². The quantitative estimate of drug-likeness (QED) is 0.652. The molecule has 0 atom stereocenters. The zero-order chi connectivity index (χ0) is 13.7. The number of aromatic nitrogens is 1. The van der Waals surface area contributed by atoms with E-state index in [1.165, 1.54) is 6.20 Å². The lowest BCUT2D eigenvalue weighted by molar-refractivity contribution is 0.0953. The molecular weight excluding hydrogens is 264 g/mol. The Bertz CT molecular complexity index is 587. The number of aliphatic hydroxyl groups excluding tert-OH is 1.